The lowest BCUT2D eigenvalue weighted by Crippen LogP contribution is -2.40. The molecule has 3 fully saturated rings. The molecule has 2 atom stereocenters. The van der Waals surface area contributed by atoms with Crippen molar-refractivity contribution in [3.05, 3.63) is 0 Å². The molecule has 18 heavy (non-hydrogen) atoms. The predicted octanol–water partition coefficient (Wildman–Crippen LogP) is 0.734. The summed E-state index contributed by atoms with van der Waals surface area (Å²) in [5.41, 5.74) is 0. The first-order valence-electron chi connectivity index (χ1n) is 7.33. The van der Waals surface area contributed by atoms with Crippen LogP contribution in [0.1, 0.15) is 32.1 Å². The van der Waals surface area contributed by atoms with E-state index in [2.05, 4.69) is 9.80 Å². The fourth-order valence-electron chi connectivity index (χ4n) is 3.80. The van der Waals surface area contributed by atoms with Crippen LogP contribution in [0, 0.1) is 0 Å². The molecule has 0 aromatic rings. The molecule has 3 saturated heterocycles. The molecule has 3 aliphatic heterocycles. The van der Waals surface area contributed by atoms with Crippen molar-refractivity contribution in [3.8, 4) is 0 Å². The first kappa shape index (κ1) is 12.9. The molecule has 0 saturated carbocycles. The molecule has 0 N–H and O–H groups in total. The van der Waals surface area contributed by atoms with Crippen LogP contribution in [0.4, 0.5) is 0 Å². The monoisotopic (exact) mass is 272 g/mol. The maximum Gasteiger partial charge on any atom is 0.154 e. The summed E-state index contributed by atoms with van der Waals surface area (Å²) in [5, 5.41) is -0.0783. The Morgan fingerprint density at radius 1 is 1.00 bits per heavy atom. The van der Waals surface area contributed by atoms with Gasteiger partial charge in [0.05, 0.1) is 11.0 Å². The highest BCUT2D eigenvalue weighted by molar-refractivity contribution is 7.92. The van der Waals surface area contributed by atoms with Gasteiger partial charge >= 0.3 is 0 Å². The van der Waals surface area contributed by atoms with Gasteiger partial charge in [-0.25, -0.2) is 8.42 Å². The molecule has 2 unspecified atom stereocenters. The van der Waals surface area contributed by atoms with Gasteiger partial charge in [0.2, 0.25) is 0 Å². The molecular formula is C13H24N2O2S. The van der Waals surface area contributed by atoms with Crippen LogP contribution in [-0.2, 0) is 9.84 Å². The zero-order valence-corrected chi connectivity index (χ0v) is 11.9. The van der Waals surface area contributed by atoms with E-state index in [0.29, 0.717) is 11.8 Å². The van der Waals surface area contributed by atoms with E-state index in [4.69, 9.17) is 0 Å². The Hall–Kier alpha value is -0.130. The van der Waals surface area contributed by atoms with Crippen LogP contribution >= 0.6 is 0 Å². The lowest BCUT2D eigenvalue weighted by molar-refractivity contribution is 0.219. The van der Waals surface area contributed by atoms with Crippen LogP contribution in [0.2, 0.25) is 0 Å². The van der Waals surface area contributed by atoms with E-state index in [1.165, 1.54) is 32.4 Å². The number of rotatable bonds is 2. The fourth-order valence-corrected chi connectivity index (χ4v) is 5.67. The zero-order chi connectivity index (χ0) is 12.6. The van der Waals surface area contributed by atoms with Crippen LogP contribution in [-0.4, -0.2) is 68.0 Å². The molecule has 3 heterocycles. The summed E-state index contributed by atoms with van der Waals surface area (Å²) in [5.74, 6) is 0.418. The van der Waals surface area contributed by atoms with E-state index < -0.39 is 9.84 Å². The summed E-state index contributed by atoms with van der Waals surface area (Å²) < 4.78 is 23.8. The lowest BCUT2D eigenvalue weighted by Gasteiger charge is -2.27. The Bertz CT molecular complexity index is 396. The molecule has 0 aromatic carbocycles. The van der Waals surface area contributed by atoms with Gasteiger partial charge in [-0.2, -0.15) is 0 Å². The quantitative estimate of drug-likeness (QED) is 0.743. The molecule has 104 valence electrons. The van der Waals surface area contributed by atoms with E-state index in [1.54, 1.807) is 0 Å². The highest BCUT2D eigenvalue weighted by Crippen LogP contribution is 2.25. The van der Waals surface area contributed by atoms with Crippen molar-refractivity contribution in [2.24, 2.45) is 0 Å². The van der Waals surface area contributed by atoms with Gasteiger partial charge in [0, 0.05) is 19.1 Å². The van der Waals surface area contributed by atoms with Crippen LogP contribution in [0.5, 0.6) is 0 Å². The van der Waals surface area contributed by atoms with Crippen LogP contribution in [0.25, 0.3) is 0 Å². The van der Waals surface area contributed by atoms with Crippen molar-refractivity contribution >= 4 is 9.84 Å². The molecular weight excluding hydrogens is 248 g/mol. The number of hydrogen-bond donors (Lipinski definition) is 0. The van der Waals surface area contributed by atoms with Crippen molar-refractivity contribution in [2.45, 2.75) is 43.4 Å². The van der Waals surface area contributed by atoms with E-state index in [-0.39, 0.29) is 5.25 Å². The highest BCUT2D eigenvalue weighted by Gasteiger charge is 2.35. The molecule has 4 nitrogen and oxygen atoms in total. The molecule has 0 amide bonds. The molecule has 0 bridgehead atoms. The second-order valence-electron chi connectivity index (χ2n) is 6.08. The molecule has 3 aliphatic rings. The zero-order valence-electron chi connectivity index (χ0n) is 11.1. The summed E-state index contributed by atoms with van der Waals surface area (Å²) in [6.07, 6.45) is 5.57. The predicted molar refractivity (Wildman–Crippen MR) is 72.5 cm³/mol. The largest absolute Gasteiger partial charge is 0.300 e. The molecule has 0 radical (unpaired) electrons. The van der Waals surface area contributed by atoms with Crippen molar-refractivity contribution in [2.75, 3.05) is 38.5 Å². The highest BCUT2D eigenvalue weighted by atomic mass is 32.2. The Labute approximate surface area is 110 Å². The van der Waals surface area contributed by atoms with Gasteiger partial charge in [0.25, 0.3) is 0 Å². The third-order valence-electron chi connectivity index (χ3n) is 4.81. The van der Waals surface area contributed by atoms with Gasteiger partial charge in [0.15, 0.2) is 9.84 Å². The topological polar surface area (TPSA) is 40.6 Å². The second-order valence-corrected chi connectivity index (χ2v) is 8.48. The third kappa shape index (κ3) is 2.58. The maximum absolute atomic E-state index is 11.9. The summed E-state index contributed by atoms with van der Waals surface area (Å²) in [4.78, 5) is 5.02. The maximum atomic E-state index is 11.9. The minimum absolute atomic E-state index is 0.0783. The summed E-state index contributed by atoms with van der Waals surface area (Å²) in [7, 11) is -2.78. The average molecular weight is 272 g/mol. The molecule has 0 aromatic heterocycles. The Morgan fingerprint density at radius 3 is 2.61 bits per heavy atom. The van der Waals surface area contributed by atoms with Crippen molar-refractivity contribution in [3.63, 3.8) is 0 Å². The molecule has 0 spiro atoms. The first-order chi connectivity index (χ1) is 8.65. The minimum atomic E-state index is -2.78. The molecule has 0 aliphatic carbocycles. The van der Waals surface area contributed by atoms with E-state index in [9.17, 15) is 8.42 Å². The van der Waals surface area contributed by atoms with Crippen LogP contribution < -0.4 is 0 Å². The summed E-state index contributed by atoms with van der Waals surface area (Å²) in [6.45, 7) is 5.41. The standard InChI is InChI=1S/C13H24N2O2S/c16-18(17)9-2-5-13(18)11-14-6-3-8-15-7-1-4-12(15)10-14/h12-13H,1-11H2. The van der Waals surface area contributed by atoms with Crippen LogP contribution in [0.3, 0.4) is 0 Å². The van der Waals surface area contributed by atoms with Crippen molar-refractivity contribution in [1.29, 1.82) is 0 Å². The molecule has 5 heteroatoms. The number of fused-ring (bicyclic) bond motifs is 1. The lowest BCUT2D eigenvalue weighted by atomic mass is 10.2. The number of nitrogens with zero attached hydrogens (tertiary/aromatic N) is 2. The summed E-state index contributed by atoms with van der Waals surface area (Å²) in [6, 6.07) is 0.691. The van der Waals surface area contributed by atoms with Gasteiger partial charge in [-0.3, -0.25) is 4.90 Å². The van der Waals surface area contributed by atoms with E-state index in [0.717, 1.165) is 32.5 Å². The second kappa shape index (κ2) is 5.10. The average Bonchev–Trinajstić information content (AvgIpc) is 2.82. The Kier molecular flexibility index (Phi) is 3.65. The van der Waals surface area contributed by atoms with Crippen molar-refractivity contribution in [1.82, 2.24) is 9.80 Å². The number of sulfone groups is 1. The van der Waals surface area contributed by atoms with E-state index in [1.807, 2.05) is 0 Å². The Balaban J connectivity index is 1.62. The van der Waals surface area contributed by atoms with E-state index >= 15 is 0 Å². The third-order valence-corrected chi connectivity index (χ3v) is 7.07. The molecule has 3 rings (SSSR count). The van der Waals surface area contributed by atoms with Gasteiger partial charge in [-0.1, -0.05) is 0 Å². The smallest absolute Gasteiger partial charge is 0.154 e. The minimum Gasteiger partial charge on any atom is -0.300 e. The fraction of sp³-hybridized carbons (Fsp3) is 1.00. The SMILES string of the molecule is O=S1(=O)CCCC1CN1CCCN2CCCC2C1. The number of hydrogen-bond acceptors (Lipinski definition) is 4. The summed E-state index contributed by atoms with van der Waals surface area (Å²) >= 11 is 0. The van der Waals surface area contributed by atoms with Gasteiger partial charge in [0.1, 0.15) is 0 Å². The van der Waals surface area contributed by atoms with Gasteiger partial charge < -0.3 is 4.90 Å². The Morgan fingerprint density at radius 2 is 1.83 bits per heavy atom. The van der Waals surface area contributed by atoms with Gasteiger partial charge in [-0.05, 0) is 51.7 Å². The first-order valence-corrected chi connectivity index (χ1v) is 9.05. The van der Waals surface area contributed by atoms with Gasteiger partial charge in [-0.15, -0.1) is 0 Å². The normalized spacial score (nSPS) is 37.6. The van der Waals surface area contributed by atoms with Crippen molar-refractivity contribution < 1.29 is 8.42 Å². The van der Waals surface area contributed by atoms with Crippen LogP contribution in [0.15, 0.2) is 0 Å².